The lowest BCUT2D eigenvalue weighted by Gasteiger charge is -2.26. The van der Waals surface area contributed by atoms with Crippen molar-refractivity contribution in [3.05, 3.63) is 0 Å². The molecule has 0 spiro atoms. The molecule has 0 aromatic heterocycles. The van der Waals surface area contributed by atoms with Crippen molar-refractivity contribution in [2.45, 2.75) is 59.4 Å². The smallest absolute Gasteiger partial charge is 0.00966 e. The number of hydrogen-bond donors (Lipinski definition) is 1. The molecule has 0 aliphatic heterocycles. The Labute approximate surface area is 107 Å². The van der Waals surface area contributed by atoms with Crippen LogP contribution in [0.25, 0.3) is 0 Å². The van der Waals surface area contributed by atoms with Crippen LogP contribution in [0.2, 0.25) is 0 Å². The molecule has 0 fully saturated rings. The van der Waals surface area contributed by atoms with Crippen molar-refractivity contribution in [2.24, 2.45) is 11.8 Å². The maximum absolute atomic E-state index is 3.65. The van der Waals surface area contributed by atoms with Crippen LogP contribution in [0, 0.1) is 11.8 Å². The molecular weight excluding hydrogens is 214 g/mol. The summed E-state index contributed by atoms with van der Waals surface area (Å²) in [4.78, 5) is 0. The zero-order chi connectivity index (χ0) is 12.6. The van der Waals surface area contributed by atoms with Crippen LogP contribution in [-0.4, -0.2) is 24.1 Å². The van der Waals surface area contributed by atoms with Crippen molar-refractivity contribution < 1.29 is 0 Å². The fourth-order valence-corrected chi connectivity index (χ4v) is 2.39. The second-order valence-electron chi connectivity index (χ2n) is 6.26. The van der Waals surface area contributed by atoms with Gasteiger partial charge in [-0.2, -0.15) is 11.8 Å². The van der Waals surface area contributed by atoms with Crippen LogP contribution in [0.4, 0.5) is 0 Å². The summed E-state index contributed by atoms with van der Waals surface area (Å²) in [5.41, 5.74) is 0.259. The van der Waals surface area contributed by atoms with Gasteiger partial charge in [0.05, 0.1) is 0 Å². The molecule has 0 amide bonds. The molecule has 0 bridgehead atoms. The molecule has 2 heteroatoms. The van der Waals surface area contributed by atoms with E-state index in [0.29, 0.717) is 0 Å². The van der Waals surface area contributed by atoms with E-state index in [1.54, 1.807) is 0 Å². The quantitative estimate of drug-likeness (QED) is 0.644. The molecule has 0 radical (unpaired) electrons. The van der Waals surface area contributed by atoms with Crippen molar-refractivity contribution in [1.82, 2.24) is 5.32 Å². The van der Waals surface area contributed by atoms with Gasteiger partial charge >= 0.3 is 0 Å². The van der Waals surface area contributed by atoms with Crippen molar-refractivity contribution in [3.8, 4) is 0 Å². The minimum atomic E-state index is 0.259. The zero-order valence-corrected chi connectivity index (χ0v) is 12.9. The van der Waals surface area contributed by atoms with Crippen LogP contribution in [0.3, 0.4) is 0 Å². The third-order valence-corrected chi connectivity index (χ3v) is 3.38. The Kier molecular flexibility index (Phi) is 8.57. The van der Waals surface area contributed by atoms with E-state index < -0.39 is 0 Å². The van der Waals surface area contributed by atoms with Gasteiger partial charge in [-0.3, -0.25) is 0 Å². The highest BCUT2D eigenvalue weighted by molar-refractivity contribution is 7.98. The first-order valence-electron chi connectivity index (χ1n) is 6.59. The second-order valence-corrected chi connectivity index (χ2v) is 7.25. The lowest BCUT2D eigenvalue weighted by Crippen LogP contribution is -2.39. The number of hydrogen-bond acceptors (Lipinski definition) is 2. The van der Waals surface area contributed by atoms with E-state index in [1.165, 1.54) is 31.6 Å². The van der Waals surface area contributed by atoms with Gasteiger partial charge in [-0.1, -0.05) is 13.8 Å². The highest BCUT2D eigenvalue weighted by Crippen LogP contribution is 2.18. The Balaban J connectivity index is 3.90. The molecule has 0 saturated carbocycles. The molecule has 0 aromatic carbocycles. The molecular formula is C14H31NS. The first kappa shape index (κ1) is 16.3. The van der Waals surface area contributed by atoms with Gasteiger partial charge in [0.25, 0.3) is 0 Å². The Bertz CT molecular complexity index is 161. The molecule has 1 unspecified atom stereocenters. The van der Waals surface area contributed by atoms with E-state index in [9.17, 15) is 0 Å². The number of nitrogens with one attached hydrogen (secondary N) is 1. The molecule has 0 heterocycles. The first-order chi connectivity index (χ1) is 7.35. The van der Waals surface area contributed by atoms with Crippen molar-refractivity contribution in [2.75, 3.05) is 18.6 Å². The zero-order valence-electron chi connectivity index (χ0n) is 12.1. The van der Waals surface area contributed by atoms with Crippen LogP contribution in [0.5, 0.6) is 0 Å². The van der Waals surface area contributed by atoms with Crippen LogP contribution in [0.1, 0.15) is 53.9 Å². The third-order valence-electron chi connectivity index (χ3n) is 2.69. The van der Waals surface area contributed by atoms with Crippen LogP contribution < -0.4 is 5.32 Å². The van der Waals surface area contributed by atoms with E-state index >= 15 is 0 Å². The summed E-state index contributed by atoms with van der Waals surface area (Å²) < 4.78 is 0. The minimum absolute atomic E-state index is 0.259. The average molecular weight is 245 g/mol. The van der Waals surface area contributed by atoms with E-state index in [-0.39, 0.29) is 5.54 Å². The summed E-state index contributed by atoms with van der Waals surface area (Å²) in [7, 11) is 0. The maximum Gasteiger partial charge on any atom is 0.00966 e. The fourth-order valence-electron chi connectivity index (χ4n) is 1.94. The molecule has 98 valence electrons. The molecule has 0 aliphatic rings. The Morgan fingerprint density at radius 2 is 1.81 bits per heavy atom. The Morgan fingerprint density at radius 3 is 2.25 bits per heavy atom. The van der Waals surface area contributed by atoms with Crippen molar-refractivity contribution in [3.63, 3.8) is 0 Å². The standard InChI is InChI=1S/C14H31NS/c1-12(2)10-13(8-7-9-16-6)11-15-14(3,4)5/h12-13,15H,7-11H2,1-6H3. The third kappa shape index (κ3) is 10.8. The van der Waals surface area contributed by atoms with Gasteiger partial charge in [0, 0.05) is 5.54 Å². The van der Waals surface area contributed by atoms with Crippen LogP contribution >= 0.6 is 11.8 Å². The van der Waals surface area contributed by atoms with E-state index in [2.05, 4.69) is 46.2 Å². The first-order valence-corrected chi connectivity index (χ1v) is 7.98. The molecule has 0 saturated heterocycles. The monoisotopic (exact) mass is 245 g/mol. The predicted molar refractivity (Wildman–Crippen MR) is 78.3 cm³/mol. The van der Waals surface area contributed by atoms with Gasteiger partial charge in [0.2, 0.25) is 0 Å². The van der Waals surface area contributed by atoms with Gasteiger partial charge in [0.15, 0.2) is 0 Å². The Morgan fingerprint density at radius 1 is 1.19 bits per heavy atom. The second kappa shape index (κ2) is 8.41. The average Bonchev–Trinajstić information content (AvgIpc) is 2.12. The fraction of sp³-hybridized carbons (Fsp3) is 1.00. The predicted octanol–water partition coefficient (Wildman–Crippen LogP) is 4.18. The summed E-state index contributed by atoms with van der Waals surface area (Å²) in [6, 6.07) is 0. The summed E-state index contributed by atoms with van der Waals surface area (Å²) in [6.45, 7) is 12.6. The SMILES string of the molecule is CSCCCC(CNC(C)(C)C)CC(C)C. The molecule has 1 N–H and O–H groups in total. The lowest BCUT2D eigenvalue weighted by molar-refractivity contribution is 0.318. The Hall–Kier alpha value is 0.310. The number of thioether (sulfide) groups is 1. The molecule has 0 aliphatic carbocycles. The highest BCUT2D eigenvalue weighted by atomic mass is 32.2. The lowest BCUT2D eigenvalue weighted by atomic mass is 9.92. The largest absolute Gasteiger partial charge is 0.312 e. The van der Waals surface area contributed by atoms with E-state index in [4.69, 9.17) is 0 Å². The van der Waals surface area contributed by atoms with Crippen molar-refractivity contribution >= 4 is 11.8 Å². The molecule has 0 aromatic rings. The van der Waals surface area contributed by atoms with E-state index in [0.717, 1.165) is 11.8 Å². The van der Waals surface area contributed by atoms with Gasteiger partial charge in [-0.05, 0) is 70.4 Å². The molecule has 1 nitrogen and oxygen atoms in total. The molecule has 1 atom stereocenters. The highest BCUT2D eigenvalue weighted by Gasteiger charge is 2.15. The van der Waals surface area contributed by atoms with Gasteiger partial charge < -0.3 is 5.32 Å². The van der Waals surface area contributed by atoms with Gasteiger partial charge in [-0.15, -0.1) is 0 Å². The van der Waals surface area contributed by atoms with Gasteiger partial charge in [0.1, 0.15) is 0 Å². The minimum Gasteiger partial charge on any atom is -0.312 e. The van der Waals surface area contributed by atoms with Gasteiger partial charge in [-0.25, -0.2) is 0 Å². The number of rotatable bonds is 8. The normalized spacial score (nSPS) is 14.4. The van der Waals surface area contributed by atoms with Crippen LogP contribution in [-0.2, 0) is 0 Å². The molecule has 16 heavy (non-hydrogen) atoms. The maximum atomic E-state index is 3.65. The summed E-state index contributed by atoms with van der Waals surface area (Å²) in [5, 5.41) is 3.65. The summed E-state index contributed by atoms with van der Waals surface area (Å²) >= 11 is 1.97. The molecule has 0 rings (SSSR count). The summed E-state index contributed by atoms with van der Waals surface area (Å²) in [5.74, 6) is 2.98. The van der Waals surface area contributed by atoms with E-state index in [1.807, 2.05) is 11.8 Å². The summed E-state index contributed by atoms with van der Waals surface area (Å²) in [6.07, 6.45) is 6.30. The van der Waals surface area contributed by atoms with Crippen LogP contribution in [0.15, 0.2) is 0 Å². The topological polar surface area (TPSA) is 12.0 Å². The van der Waals surface area contributed by atoms with Crippen molar-refractivity contribution in [1.29, 1.82) is 0 Å².